The van der Waals surface area contributed by atoms with Crippen molar-refractivity contribution in [1.29, 1.82) is 0 Å². The number of carboxylic acid groups (broad SMARTS) is 1. The van der Waals surface area contributed by atoms with Gasteiger partial charge in [-0.05, 0) is 69.6 Å². The van der Waals surface area contributed by atoms with Gasteiger partial charge in [0.2, 0.25) is 0 Å². The number of alkyl carbamates (subject to hydrolysis) is 1. The van der Waals surface area contributed by atoms with E-state index in [1.54, 1.807) is 41.9 Å². The topological polar surface area (TPSA) is 124 Å². The fourth-order valence-corrected chi connectivity index (χ4v) is 3.81. The molecule has 1 aromatic rings. The third-order valence-electron chi connectivity index (χ3n) is 5.95. The van der Waals surface area contributed by atoms with Crippen molar-refractivity contribution in [2.24, 2.45) is 17.8 Å². The molecule has 0 saturated heterocycles. The van der Waals surface area contributed by atoms with Crippen LogP contribution in [0.2, 0.25) is 0 Å². The maximum absolute atomic E-state index is 12.5. The Labute approximate surface area is 215 Å². The van der Waals surface area contributed by atoms with E-state index in [9.17, 15) is 19.8 Å². The van der Waals surface area contributed by atoms with E-state index < -0.39 is 35.7 Å². The molecule has 0 aliphatic heterocycles. The Morgan fingerprint density at radius 1 is 1.03 bits per heavy atom. The molecule has 3 N–H and O–H groups in total. The Morgan fingerprint density at radius 2 is 1.69 bits per heavy atom. The van der Waals surface area contributed by atoms with Crippen molar-refractivity contribution in [2.75, 3.05) is 27.4 Å². The van der Waals surface area contributed by atoms with Crippen LogP contribution in [0.25, 0.3) is 0 Å². The minimum atomic E-state index is -1.05. The lowest BCUT2D eigenvalue weighted by Crippen LogP contribution is -2.47. The number of ether oxygens (including phenoxy) is 4. The Morgan fingerprint density at radius 3 is 2.22 bits per heavy atom. The third kappa shape index (κ3) is 11.5. The Kier molecular flexibility index (Phi) is 13.0. The highest BCUT2D eigenvalue weighted by atomic mass is 16.6. The summed E-state index contributed by atoms with van der Waals surface area (Å²) < 4.78 is 21.7. The average molecular weight is 512 g/mol. The third-order valence-corrected chi connectivity index (χ3v) is 5.95. The number of rotatable bonds is 15. The lowest BCUT2D eigenvalue weighted by Gasteiger charge is -2.32. The number of carbonyl (C=O) groups excluding carboxylic acids is 1. The molecule has 4 atom stereocenters. The zero-order valence-electron chi connectivity index (χ0n) is 23.0. The molecule has 0 bridgehead atoms. The number of carboxylic acids is 1. The highest BCUT2D eigenvalue weighted by Gasteiger charge is 2.31. The molecule has 1 amide bonds. The molecule has 0 unspecified atom stereocenters. The molecule has 206 valence electrons. The van der Waals surface area contributed by atoms with Gasteiger partial charge in [0.05, 0.1) is 31.8 Å². The van der Waals surface area contributed by atoms with Gasteiger partial charge in [0, 0.05) is 7.11 Å². The number of hydrogen-bond donors (Lipinski definition) is 3. The SMILES string of the molecule is COCCOc1cc(C[C@@H](C[C@H](NC(=O)OC(C)(C)C)[C@@H](O)C[C@@H](C)C(=O)O)C(C)C)ccc1OC. The standard InChI is InChI=1S/C27H45NO8/c1-17(2)20(14-19-9-10-23(34-8)24(15-19)35-12-11-33-7)16-21(22(29)13-18(3)25(30)31)28-26(32)36-27(4,5)6/h9-10,15,17-18,20-22,29H,11-14,16H2,1-8H3,(H,28,32)(H,30,31)/t18-,20+,21+,22+/m1/s1. The molecular formula is C27H45NO8. The normalized spacial score (nSPS) is 15.1. The molecule has 0 fully saturated rings. The molecule has 0 aliphatic rings. The van der Waals surface area contributed by atoms with Crippen molar-refractivity contribution >= 4 is 12.1 Å². The highest BCUT2D eigenvalue weighted by molar-refractivity contribution is 5.70. The highest BCUT2D eigenvalue weighted by Crippen LogP contribution is 2.31. The first-order valence-electron chi connectivity index (χ1n) is 12.5. The van der Waals surface area contributed by atoms with E-state index in [-0.39, 0.29) is 18.3 Å². The molecule has 0 spiro atoms. The number of aliphatic hydroxyl groups is 1. The van der Waals surface area contributed by atoms with Crippen LogP contribution in [0.3, 0.4) is 0 Å². The second-order valence-electron chi connectivity index (χ2n) is 10.6. The van der Waals surface area contributed by atoms with E-state index in [2.05, 4.69) is 19.2 Å². The van der Waals surface area contributed by atoms with Gasteiger partial charge < -0.3 is 34.5 Å². The van der Waals surface area contributed by atoms with Gasteiger partial charge in [0.25, 0.3) is 0 Å². The summed E-state index contributed by atoms with van der Waals surface area (Å²) >= 11 is 0. The maximum Gasteiger partial charge on any atom is 0.407 e. The number of hydrogen-bond acceptors (Lipinski definition) is 7. The summed E-state index contributed by atoms with van der Waals surface area (Å²) in [7, 11) is 3.19. The van der Waals surface area contributed by atoms with Crippen molar-refractivity contribution < 1.29 is 38.7 Å². The lowest BCUT2D eigenvalue weighted by molar-refractivity contribution is -0.142. The van der Waals surface area contributed by atoms with Crippen molar-refractivity contribution in [2.45, 2.75) is 78.6 Å². The van der Waals surface area contributed by atoms with Crippen LogP contribution in [-0.4, -0.2) is 67.5 Å². The van der Waals surface area contributed by atoms with Crippen molar-refractivity contribution in [1.82, 2.24) is 5.32 Å². The molecule has 0 saturated carbocycles. The zero-order chi connectivity index (χ0) is 27.5. The van der Waals surface area contributed by atoms with E-state index in [4.69, 9.17) is 18.9 Å². The van der Waals surface area contributed by atoms with Crippen LogP contribution in [0.1, 0.15) is 59.9 Å². The fourth-order valence-electron chi connectivity index (χ4n) is 3.81. The summed E-state index contributed by atoms with van der Waals surface area (Å²) in [5, 5.41) is 23.0. The Hall–Kier alpha value is -2.52. The number of aliphatic hydroxyl groups excluding tert-OH is 1. The van der Waals surface area contributed by atoms with Crippen LogP contribution in [0.15, 0.2) is 18.2 Å². The van der Waals surface area contributed by atoms with E-state index in [1.807, 2.05) is 18.2 Å². The minimum absolute atomic E-state index is 0.0145. The van der Waals surface area contributed by atoms with Gasteiger partial charge in [-0.15, -0.1) is 0 Å². The van der Waals surface area contributed by atoms with Crippen LogP contribution in [-0.2, 0) is 20.7 Å². The van der Waals surface area contributed by atoms with Gasteiger partial charge in [0.1, 0.15) is 12.2 Å². The molecule has 0 aromatic heterocycles. The summed E-state index contributed by atoms with van der Waals surface area (Å²) in [6.45, 7) is 11.8. The summed E-state index contributed by atoms with van der Waals surface area (Å²) in [6.07, 6.45) is -0.573. The quantitative estimate of drug-likeness (QED) is 0.298. The second-order valence-corrected chi connectivity index (χ2v) is 10.6. The van der Waals surface area contributed by atoms with Gasteiger partial charge in [-0.3, -0.25) is 4.79 Å². The van der Waals surface area contributed by atoms with E-state index in [1.165, 1.54) is 0 Å². The number of carbonyl (C=O) groups is 2. The Balaban J connectivity index is 3.12. The summed E-state index contributed by atoms with van der Waals surface area (Å²) in [6, 6.07) is 5.08. The summed E-state index contributed by atoms with van der Waals surface area (Å²) in [5.41, 5.74) is 0.319. The number of nitrogens with one attached hydrogen (secondary N) is 1. The monoisotopic (exact) mass is 511 g/mol. The minimum Gasteiger partial charge on any atom is -0.493 e. The average Bonchev–Trinajstić information content (AvgIpc) is 2.76. The molecule has 9 heteroatoms. The van der Waals surface area contributed by atoms with Crippen LogP contribution in [0.5, 0.6) is 11.5 Å². The molecule has 1 aromatic carbocycles. The molecule has 0 heterocycles. The van der Waals surface area contributed by atoms with E-state index >= 15 is 0 Å². The van der Waals surface area contributed by atoms with Crippen LogP contribution in [0, 0.1) is 17.8 Å². The number of amides is 1. The van der Waals surface area contributed by atoms with Gasteiger partial charge in [0.15, 0.2) is 11.5 Å². The molecule has 9 nitrogen and oxygen atoms in total. The smallest absolute Gasteiger partial charge is 0.407 e. The van der Waals surface area contributed by atoms with Crippen LogP contribution in [0.4, 0.5) is 4.79 Å². The first-order chi connectivity index (χ1) is 16.8. The Bertz CT molecular complexity index is 820. The van der Waals surface area contributed by atoms with Crippen molar-refractivity contribution in [3.05, 3.63) is 23.8 Å². The first-order valence-corrected chi connectivity index (χ1v) is 12.5. The van der Waals surface area contributed by atoms with Gasteiger partial charge in [-0.1, -0.05) is 26.8 Å². The van der Waals surface area contributed by atoms with Crippen molar-refractivity contribution in [3.8, 4) is 11.5 Å². The van der Waals surface area contributed by atoms with E-state index in [0.29, 0.717) is 37.6 Å². The van der Waals surface area contributed by atoms with Gasteiger partial charge in [-0.2, -0.15) is 0 Å². The second kappa shape index (κ2) is 14.9. The molecule has 1 rings (SSSR count). The first kappa shape index (κ1) is 31.5. The zero-order valence-corrected chi connectivity index (χ0v) is 23.0. The summed E-state index contributed by atoms with van der Waals surface area (Å²) in [5.74, 6) is -0.220. The largest absolute Gasteiger partial charge is 0.493 e. The van der Waals surface area contributed by atoms with Crippen LogP contribution >= 0.6 is 0 Å². The fraction of sp³-hybridized carbons (Fsp3) is 0.704. The maximum atomic E-state index is 12.5. The van der Waals surface area contributed by atoms with Gasteiger partial charge >= 0.3 is 12.1 Å². The predicted octanol–water partition coefficient (Wildman–Crippen LogP) is 4.29. The predicted molar refractivity (Wildman–Crippen MR) is 138 cm³/mol. The molecule has 0 aliphatic carbocycles. The van der Waals surface area contributed by atoms with Crippen molar-refractivity contribution in [3.63, 3.8) is 0 Å². The number of methoxy groups -OCH3 is 2. The van der Waals surface area contributed by atoms with Gasteiger partial charge in [-0.25, -0.2) is 4.79 Å². The lowest BCUT2D eigenvalue weighted by atomic mass is 9.82. The van der Waals surface area contributed by atoms with E-state index in [0.717, 1.165) is 5.56 Å². The summed E-state index contributed by atoms with van der Waals surface area (Å²) in [4.78, 5) is 23.9. The molecule has 36 heavy (non-hydrogen) atoms. The van der Waals surface area contributed by atoms with Crippen LogP contribution < -0.4 is 14.8 Å². The number of benzene rings is 1. The molecule has 0 radical (unpaired) electrons. The molecular weight excluding hydrogens is 466 g/mol. The number of aliphatic carboxylic acids is 1.